The van der Waals surface area contributed by atoms with Crippen LogP contribution in [0, 0.1) is 11.8 Å². The highest BCUT2D eigenvalue weighted by Gasteiger charge is 2.17. The Kier molecular flexibility index (Phi) is 7.47. The molecule has 0 saturated heterocycles. The first-order valence-corrected chi connectivity index (χ1v) is 6.58. The van der Waals surface area contributed by atoms with E-state index in [4.69, 9.17) is 0 Å². The first-order valence-electron chi connectivity index (χ1n) is 5.48. The van der Waals surface area contributed by atoms with Crippen LogP contribution in [0.15, 0.2) is 4.40 Å². The second-order valence-corrected chi connectivity index (χ2v) is 6.14. The standard InChI is InChI=1S/C12H19NO3S/c1-5-16-11(14)9-7-6-8-10-13-17(15)12(2,3)4/h10H,5-6,8H2,1-4H3/b13-10+. The Bertz CT molecular complexity index is 358. The number of esters is 1. The lowest BCUT2D eigenvalue weighted by molar-refractivity contribution is -0.136. The number of nitrogens with zero attached hydrogens (tertiary/aromatic N) is 1. The van der Waals surface area contributed by atoms with E-state index in [0.29, 0.717) is 19.4 Å². The van der Waals surface area contributed by atoms with Gasteiger partial charge in [0.2, 0.25) is 0 Å². The molecule has 5 heteroatoms. The van der Waals surface area contributed by atoms with Gasteiger partial charge in [0.1, 0.15) is 11.0 Å². The van der Waals surface area contributed by atoms with E-state index in [1.807, 2.05) is 20.8 Å². The van der Waals surface area contributed by atoms with Crippen molar-refractivity contribution in [1.29, 1.82) is 0 Å². The topological polar surface area (TPSA) is 55.7 Å². The van der Waals surface area contributed by atoms with Crippen molar-refractivity contribution in [3.8, 4) is 11.8 Å². The largest absolute Gasteiger partial charge is 0.456 e. The molecule has 0 heterocycles. The Morgan fingerprint density at radius 3 is 2.65 bits per heavy atom. The summed E-state index contributed by atoms with van der Waals surface area (Å²) in [6.07, 6.45) is 2.67. The van der Waals surface area contributed by atoms with Crippen LogP contribution in [0.5, 0.6) is 0 Å². The molecule has 0 amide bonds. The monoisotopic (exact) mass is 257 g/mol. The number of unbranched alkanes of at least 4 members (excludes halogenated alkanes) is 1. The van der Waals surface area contributed by atoms with E-state index in [0.717, 1.165) is 0 Å². The molecule has 0 aliphatic heterocycles. The molecule has 0 saturated carbocycles. The second-order valence-electron chi connectivity index (χ2n) is 4.21. The van der Waals surface area contributed by atoms with Crippen LogP contribution in [0.25, 0.3) is 0 Å². The first kappa shape index (κ1) is 15.9. The SMILES string of the molecule is CCOC(=O)C#CCC/C=N/S(=O)C(C)(C)C. The van der Waals surface area contributed by atoms with Gasteiger partial charge in [-0.3, -0.25) is 0 Å². The fourth-order valence-corrected chi connectivity index (χ4v) is 1.27. The Balaban J connectivity index is 3.90. The van der Waals surface area contributed by atoms with Crippen molar-refractivity contribution < 1.29 is 13.7 Å². The van der Waals surface area contributed by atoms with Crippen LogP contribution < -0.4 is 0 Å². The van der Waals surface area contributed by atoms with Crippen molar-refractivity contribution in [3.05, 3.63) is 0 Å². The average Bonchev–Trinajstić information content (AvgIpc) is 2.21. The molecule has 0 bridgehead atoms. The molecule has 0 rings (SSSR count). The van der Waals surface area contributed by atoms with Gasteiger partial charge in [0.15, 0.2) is 0 Å². The average molecular weight is 257 g/mol. The van der Waals surface area contributed by atoms with Crippen LogP contribution >= 0.6 is 0 Å². The lowest BCUT2D eigenvalue weighted by Gasteiger charge is -2.12. The molecule has 0 aromatic carbocycles. The molecule has 1 atom stereocenters. The molecule has 4 nitrogen and oxygen atoms in total. The lowest BCUT2D eigenvalue weighted by atomic mass is 10.3. The molecule has 0 spiro atoms. The van der Waals surface area contributed by atoms with Gasteiger partial charge in [0.25, 0.3) is 0 Å². The minimum atomic E-state index is -1.22. The summed E-state index contributed by atoms with van der Waals surface area (Å²) >= 11 is 0. The van der Waals surface area contributed by atoms with Gasteiger partial charge < -0.3 is 4.74 Å². The summed E-state index contributed by atoms with van der Waals surface area (Å²) < 4.78 is 19.7. The van der Waals surface area contributed by atoms with E-state index in [-0.39, 0.29) is 4.75 Å². The van der Waals surface area contributed by atoms with E-state index in [1.54, 1.807) is 13.1 Å². The molecular formula is C12H19NO3S. The van der Waals surface area contributed by atoms with Crippen molar-refractivity contribution in [3.63, 3.8) is 0 Å². The predicted molar refractivity (Wildman–Crippen MR) is 70.0 cm³/mol. The summed E-state index contributed by atoms with van der Waals surface area (Å²) in [5.41, 5.74) is 0. The van der Waals surface area contributed by atoms with Crippen LogP contribution in [0.4, 0.5) is 0 Å². The molecule has 0 aromatic rings. The summed E-state index contributed by atoms with van der Waals surface area (Å²) in [6, 6.07) is 0. The van der Waals surface area contributed by atoms with Gasteiger partial charge in [0, 0.05) is 18.6 Å². The molecule has 0 radical (unpaired) electrons. The van der Waals surface area contributed by atoms with E-state index < -0.39 is 17.0 Å². The van der Waals surface area contributed by atoms with Gasteiger partial charge in [-0.05, 0) is 34.1 Å². The molecule has 0 N–H and O–H groups in total. The summed E-state index contributed by atoms with van der Waals surface area (Å²) in [5, 5.41) is 0. The van der Waals surface area contributed by atoms with Crippen LogP contribution in [0.2, 0.25) is 0 Å². The van der Waals surface area contributed by atoms with E-state index in [2.05, 4.69) is 21.0 Å². The van der Waals surface area contributed by atoms with Gasteiger partial charge in [0.05, 0.1) is 11.4 Å². The number of hydrogen-bond donors (Lipinski definition) is 0. The van der Waals surface area contributed by atoms with Crippen LogP contribution in [0.3, 0.4) is 0 Å². The molecule has 1 unspecified atom stereocenters. The Hall–Kier alpha value is -1.15. The predicted octanol–water partition coefficient (Wildman–Crippen LogP) is 1.87. The van der Waals surface area contributed by atoms with Crippen LogP contribution in [-0.4, -0.2) is 27.7 Å². The molecule has 0 aliphatic carbocycles. The molecule has 0 aromatic heterocycles. The highest BCUT2D eigenvalue weighted by molar-refractivity contribution is 7.85. The molecule has 96 valence electrons. The fraction of sp³-hybridized carbons (Fsp3) is 0.667. The Morgan fingerprint density at radius 2 is 2.12 bits per heavy atom. The Labute approximate surface area is 105 Å². The summed E-state index contributed by atoms with van der Waals surface area (Å²) in [7, 11) is -1.22. The van der Waals surface area contributed by atoms with E-state index >= 15 is 0 Å². The normalized spacial score (nSPS) is 12.9. The van der Waals surface area contributed by atoms with Gasteiger partial charge in [-0.25, -0.2) is 9.00 Å². The number of ether oxygens (including phenoxy) is 1. The van der Waals surface area contributed by atoms with Crippen molar-refractivity contribution in [2.75, 3.05) is 6.61 Å². The van der Waals surface area contributed by atoms with Crippen LogP contribution in [0.1, 0.15) is 40.5 Å². The second kappa shape index (κ2) is 8.02. The van der Waals surface area contributed by atoms with Crippen molar-refractivity contribution in [2.45, 2.75) is 45.3 Å². The third-order valence-electron chi connectivity index (χ3n) is 1.56. The third-order valence-corrected chi connectivity index (χ3v) is 2.95. The minimum Gasteiger partial charge on any atom is -0.456 e. The van der Waals surface area contributed by atoms with E-state index in [9.17, 15) is 9.00 Å². The lowest BCUT2D eigenvalue weighted by Crippen LogP contribution is -2.19. The summed E-state index contributed by atoms with van der Waals surface area (Å²) in [4.78, 5) is 10.8. The molecule has 0 fully saturated rings. The summed E-state index contributed by atoms with van der Waals surface area (Å²) in [5.74, 6) is 4.51. The number of hydrogen-bond acceptors (Lipinski definition) is 3. The maximum atomic E-state index is 11.5. The minimum absolute atomic E-state index is 0.333. The maximum Gasteiger partial charge on any atom is 0.384 e. The van der Waals surface area contributed by atoms with Crippen molar-refractivity contribution in [2.24, 2.45) is 4.40 Å². The zero-order valence-corrected chi connectivity index (χ0v) is 11.6. The Morgan fingerprint density at radius 1 is 1.47 bits per heavy atom. The van der Waals surface area contributed by atoms with E-state index in [1.165, 1.54) is 0 Å². The highest BCUT2D eigenvalue weighted by Crippen LogP contribution is 2.11. The number of rotatable bonds is 4. The third kappa shape index (κ3) is 8.64. The van der Waals surface area contributed by atoms with Gasteiger partial charge in [-0.2, -0.15) is 4.40 Å². The van der Waals surface area contributed by atoms with Crippen LogP contribution in [-0.2, 0) is 20.5 Å². The number of carbonyl (C=O) groups is 1. The quantitative estimate of drug-likeness (QED) is 0.254. The number of carbonyl (C=O) groups excluding carboxylic acids is 1. The zero-order chi connectivity index (χ0) is 13.3. The highest BCUT2D eigenvalue weighted by atomic mass is 32.2. The molecule has 17 heavy (non-hydrogen) atoms. The fourth-order valence-electron chi connectivity index (χ4n) is 0.717. The molecular weight excluding hydrogens is 238 g/mol. The molecule has 0 aliphatic rings. The van der Waals surface area contributed by atoms with Gasteiger partial charge in [-0.1, -0.05) is 5.92 Å². The maximum absolute atomic E-state index is 11.5. The zero-order valence-electron chi connectivity index (χ0n) is 10.8. The van der Waals surface area contributed by atoms with Crippen molar-refractivity contribution in [1.82, 2.24) is 0 Å². The summed E-state index contributed by atoms with van der Waals surface area (Å²) in [6.45, 7) is 7.65. The van der Waals surface area contributed by atoms with Gasteiger partial charge >= 0.3 is 5.97 Å². The smallest absolute Gasteiger partial charge is 0.384 e. The first-order chi connectivity index (χ1) is 7.88. The van der Waals surface area contributed by atoms with Crippen molar-refractivity contribution >= 4 is 23.2 Å². The van der Waals surface area contributed by atoms with Gasteiger partial charge in [-0.15, -0.1) is 0 Å².